The molecule has 1 N–H and O–H groups in total. The lowest BCUT2D eigenvalue weighted by Gasteiger charge is -2.55. The number of ether oxygens (including phenoxy) is 1. The van der Waals surface area contributed by atoms with Gasteiger partial charge in [0.05, 0.1) is 18.1 Å². The van der Waals surface area contributed by atoms with Gasteiger partial charge in [0.25, 0.3) is 5.91 Å². The van der Waals surface area contributed by atoms with Crippen LogP contribution in [0, 0.1) is 0 Å². The van der Waals surface area contributed by atoms with Gasteiger partial charge in [-0.05, 0) is 37.8 Å². The number of methoxy groups -OCH3 is 1. The van der Waals surface area contributed by atoms with Gasteiger partial charge in [0.2, 0.25) is 5.91 Å². The Morgan fingerprint density at radius 2 is 2.00 bits per heavy atom. The van der Waals surface area contributed by atoms with Crippen LogP contribution < -0.4 is 5.32 Å². The molecule has 1 heterocycles. The topological polar surface area (TPSA) is 58.6 Å². The zero-order valence-corrected chi connectivity index (χ0v) is 16.8. The van der Waals surface area contributed by atoms with Crippen LogP contribution in [0.25, 0.3) is 0 Å². The number of hydrogen-bond acceptors (Lipinski definition) is 3. The number of carbonyl (C=O) groups is 2. The highest BCUT2D eigenvalue weighted by Crippen LogP contribution is 2.50. The number of carbonyl (C=O) groups excluding carboxylic acids is 2. The third-order valence-corrected chi connectivity index (χ3v) is 6.36. The number of benzene rings is 1. The van der Waals surface area contributed by atoms with Crippen molar-refractivity contribution in [3.8, 4) is 0 Å². The third kappa shape index (κ3) is 3.49. The van der Waals surface area contributed by atoms with Gasteiger partial charge < -0.3 is 15.0 Å². The molecule has 5 nitrogen and oxygen atoms in total. The zero-order valence-electron chi connectivity index (χ0n) is 16.8. The highest BCUT2D eigenvalue weighted by molar-refractivity contribution is 6.02. The molecule has 148 valence electrons. The highest BCUT2D eigenvalue weighted by Gasteiger charge is 2.55. The smallest absolute Gasteiger partial charge is 0.254 e. The summed E-state index contributed by atoms with van der Waals surface area (Å²) >= 11 is 0. The Hall–Kier alpha value is -1.88. The van der Waals surface area contributed by atoms with E-state index in [9.17, 15) is 9.59 Å². The third-order valence-electron chi connectivity index (χ3n) is 6.36. The molecule has 0 radical (unpaired) electrons. The molecule has 1 spiro atoms. The van der Waals surface area contributed by atoms with Crippen molar-refractivity contribution < 1.29 is 14.3 Å². The minimum Gasteiger partial charge on any atom is -0.383 e. The summed E-state index contributed by atoms with van der Waals surface area (Å²) in [5.74, 6) is -0.220. The fraction of sp³-hybridized carbons (Fsp3) is 0.636. The molecule has 1 aromatic rings. The van der Waals surface area contributed by atoms with Crippen LogP contribution in [-0.2, 0) is 9.53 Å². The van der Waals surface area contributed by atoms with Crippen LogP contribution in [0.4, 0.5) is 0 Å². The van der Waals surface area contributed by atoms with Crippen LogP contribution >= 0.6 is 0 Å². The van der Waals surface area contributed by atoms with Crippen molar-refractivity contribution in [2.24, 2.45) is 0 Å². The molecule has 1 saturated carbocycles. The van der Waals surface area contributed by atoms with Gasteiger partial charge in [0.1, 0.15) is 0 Å². The Labute approximate surface area is 162 Å². The maximum atomic E-state index is 13.5. The SMILES string of the molecule is CCC(C)N1C(=O)c2ccccc2C(C(=O)NCCOC)C12CCCCC2. The van der Waals surface area contributed by atoms with Gasteiger partial charge in [-0.1, -0.05) is 44.4 Å². The monoisotopic (exact) mass is 372 g/mol. The Morgan fingerprint density at radius 1 is 1.30 bits per heavy atom. The molecule has 0 bridgehead atoms. The van der Waals surface area contributed by atoms with E-state index in [1.54, 1.807) is 7.11 Å². The summed E-state index contributed by atoms with van der Waals surface area (Å²) < 4.78 is 5.10. The second-order valence-electron chi connectivity index (χ2n) is 7.90. The summed E-state index contributed by atoms with van der Waals surface area (Å²) in [6.45, 7) is 5.20. The first-order chi connectivity index (χ1) is 13.1. The molecular weight excluding hydrogens is 340 g/mol. The molecule has 2 unspecified atom stereocenters. The molecular formula is C22H32N2O3. The Balaban J connectivity index is 2.11. The quantitative estimate of drug-likeness (QED) is 0.778. The van der Waals surface area contributed by atoms with Crippen molar-refractivity contribution in [2.75, 3.05) is 20.3 Å². The van der Waals surface area contributed by atoms with Crippen LogP contribution in [0.2, 0.25) is 0 Å². The van der Waals surface area contributed by atoms with Crippen LogP contribution in [0.5, 0.6) is 0 Å². The molecule has 1 aliphatic heterocycles. The minimum absolute atomic E-state index is 0.0159. The predicted molar refractivity (Wildman–Crippen MR) is 106 cm³/mol. The lowest BCUT2D eigenvalue weighted by atomic mass is 9.64. The van der Waals surface area contributed by atoms with Crippen LogP contribution in [0.15, 0.2) is 24.3 Å². The van der Waals surface area contributed by atoms with E-state index >= 15 is 0 Å². The summed E-state index contributed by atoms with van der Waals surface area (Å²) in [6.07, 6.45) is 5.95. The van der Waals surface area contributed by atoms with E-state index in [2.05, 4.69) is 24.1 Å². The maximum absolute atomic E-state index is 13.5. The zero-order chi connectivity index (χ0) is 19.4. The predicted octanol–water partition coefficient (Wildman–Crippen LogP) is 3.49. The summed E-state index contributed by atoms with van der Waals surface area (Å²) in [5.41, 5.74) is 1.15. The number of hydrogen-bond donors (Lipinski definition) is 1. The molecule has 2 aliphatic rings. The van der Waals surface area contributed by atoms with Crippen molar-refractivity contribution in [3.05, 3.63) is 35.4 Å². The molecule has 2 amide bonds. The van der Waals surface area contributed by atoms with Gasteiger partial charge in [-0.2, -0.15) is 0 Å². The number of fused-ring (bicyclic) bond motifs is 1. The molecule has 27 heavy (non-hydrogen) atoms. The summed E-state index contributed by atoms with van der Waals surface area (Å²) in [4.78, 5) is 28.9. The van der Waals surface area contributed by atoms with Gasteiger partial charge in [-0.15, -0.1) is 0 Å². The molecule has 1 fully saturated rings. The van der Waals surface area contributed by atoms with E-state index < -0.39 is 5.54 Å². The van der Waals surface area contributed by atoms with Gasteiger partial charge in [0, 0.05) is 25.3 Å². The summed E-state index contributed by atoms with van der Waals surface area (Å²) in [6, 6.07) is 7.79. The largest absolute Gasteiger partial charge is 0.383 e. The first kappa shape index (κ1) is 19.9. The fourth-order valence-corrected chi connectivity index (χ4v) is 4.98. The summed E-state index contributed by atoms with van der Waals surface area (Å²) in [5, 5.41) is 3.06. The standard InChI is InChI=1S/C22H32N2O3/c1-4-16(2)24-21(26)18-11-7-6-10-17(18)19(20(25)23-14-15-27-3)22(24)12-8-5-9-13-22/h6-7,10-11,16,19H,4-5,8-9,12-15H2,1-3H3,(H,23,25). The van der Waals surface area contributed by atoms with E-state index in [1.807, 2.05) is 24.3 Å². The van der Waals surface area contributed by atoms with Crippen LogP contribution in [0.1, 0.15) is 74.2 Å². The van der Waals surface area contributed by atoms with Gasteiger partial charge in [-0.25, -0.2) is 0 Å². The molecule has 3 rings (SSSR count). The van der Waals surface area contributed by atoms with Crippen molar-refractivity contribution in [2.45, 2.75) is 69.9 Å². The van der Waals surface area contributed by atoms with Gasteiger partial charge in [-0.3, -0.25) is 9.59 Å². The van der Waals surface area contributed by atoms with Crippen LogP contribution in [0.3, 0.4) is 0 Å². The Kier molecular flexibility index (Phi) is 6.20. The molecule has 5 heteroatoms. The van der Waals surface area contributed by atoms with E-state index in [1.165, 1.54) is 6.42 Å². The van der Waals surface area contributed by atoms with Gasteiger partial charge >= 0.3 is 0 Å². The molecule has 0 saturated heterocycles. The molecule has 2 atom stereocenters. The number of rotatable bonds is 6. The van der Waals surface area contributed by atoms with E-state index in [0.29, 0.717) is 18.7 Å². The minimum atomic E-state index is -0.420. The number of nitrogens with zero attached hydrogens (tertiary/aromatic N) is 1. The lowest BCUT2D eigenvalue weighted by molar-refractivity contribution is -0.128. The van der Waals surface area contributed by atoms with Crippen molar-refractivity contribution >= 4 is 11.8 Å². The second kappa shape index (κ2) is 8.42. The van der Waals surface area contributed by atoms with E-state index in [0.717, 1.165) is 37.7 Å². The first-order valence-electron chi connectivity index (χ1n) is 10.3. The van der Waals surface area contributed by atoms with E-state index in [-0.39, 0.29) is 23.8 Å². The number of amides is 2. The average molecular weight is 373 g/mol. The molecule has 1 aliphatic carbocycles. The van der Waals surface area contributed by atoms with Gasteiger partial charge in [0.15, 0.2) is 0 Å². The maximum Gasteiger partial charge on any atom is 0.254 e. The van der Waals surface area contributed by atoms with E-state index in [4.69, 9.17) is 4.74 Å². The molecule has 1 aromatic carbocycles. The second-order valence-corrected chi connectivity index (χ2v) is 7.90. The molecule has 0 aromatic heterocycles. The van der Waals surface area contributed by atoms with Crippen molar-refractivity contribution in [1.82, 2.24) is 10.2 Å². The normalized spacial score (nSPS) is 22.4. The van der Waals surface area contributed by atoms with Crippen molar-refractivity contribution in [1.29, 1.82) is 0 Å². The summed E-state index contributed by atoms with van der Waals surface area (Å²) in [7, 11) is 1.63. The first-order valence-corrected chi connectivity index (χ1v) is 10.3. The fourth-order valence-electron chi connectivity index (χ4n) is 4.98. The van der Waals surface area contributed by atoms with Crippen LogP contribution in [-0.4, -0.2) is 48.6 Å². The lowest BCUT2D eigenvalue weighted by Crippen LogP contribution is -2.64. The van der Waals surface area contributed by atoms with Crippen molar-refractivity contribution in [3.63, 3.8) is 0 Å². The Bertz CT molecular complexity index is 682. The Morgan fingerprint density at radius 3 is 2.67 bits per heavy atom. The highest BCUT2D eigenvalue weighted by atomic mass is 16.5. The average Bonchev–Trinajstić information content (AvgIpc) is 2.69. The number of nitrogens with one attached hydrogen (secondary N) is 1.